The van der Waals surface area contributed by atoms with Crippen molar-refractivity contribution in [3.8, 4) is 0 Å². The zero-order chi connectivity index (χ0) is 10.4. The van der Waals surface area contributed by atoms with Crippen LogP contribution in [0.1, 0.15) is 39.0 Å². The van der Waals surface area contributed by atoms with Crippen molar-refractivity contribution < 1.29 is 0 Å². The van der Waals surface area contributed by atoms with Gasteiger partial charge in [0.1, 0.15) is 0 Å². The molecule has 1 fully saturated rings. The summed E-state index contributed by atoms with van der Waals surface area (Å²) in [6, 6.07) is 0. The lowest BCUT2D eigenvalue weighted by Gasteiger charge is -2.26. The predicted octanol–water partition coefficient (Wildman–Crippen LogP) is 0.981. The third-order valence-corrected chi connectivity index (χ3v) is 3.01. The Bertz CT molecular complexity index is 191. The summed E-state index contributed by atoms with van der Waals surface area (Å²) in [5.74, 6) is 7.18. The van der Waals surface area contributed by atoms with Gasteiger partial charge in [0, 0.05) is 6.54 Å². The lowest BCUT2D eigenvalue weighted by molar-refractivity contribution is 0.273. The van der Waals surface area contributed by atoms with Crippen LogP contribution in [0.2, 0.25) is 0 Å². The van der Waals surface area contributed by atoms with Gasteiger partial charge in [-0.3, -0.25) is 10.4 Å². The number of nitrogens with one attached hydrogen (secondary N) is 1. The minimum absolute atomic E-state index is 0.342. The molecule has 4 heteroatoms. The summed E-state index contributed by atoms with van der Waals surface area (Å²) in [6.45, 7) is 3.14. The second-order valence-corrected chi connectivity index (χ2v) is 4.34. The molecule has 1 aliphatic carbocycles. The smallest absolute Gasteiger partial charge is 0.203 e. The highest BCUT2D eigenvalue weighted by molar-refractivity contribution is 5.76. The predicted molar refractivity (Wildman–Crippen MR) is 59.6 cm³/mol. The molecule has 0 aromatic heterocycles. The molecule has 0 spiro atoms. The number of guanidine groups is 1. The van der Waals surface area contributed by atoms with Gasteiger partial charge in [0.15, 0.2) is 0 Å². The number of aliphatic imine (C=N–C) groups is 1. The first-order chi connectivity index (χ1) is 6.72. The van der Waals surface area contributed by atoms with Crippen molar-refractivity contribution in [3.63, 3.8) is 0 Å². The van der Waals surface area contributed by atoms with E-state index in [-0.39, 0.29) is 0 Å². The molecular formula is C10H22N4. The van der Waals surface area contributed by atoms with Crippen LogP contribution >= 0.6 is 0 Å². The fourth-order valence-electron chi connectivity index (χ4n) is 2.24. The Hall–Kier alpha value is -0.770. The SMILES string of the molecule is CC1CCCC(CCN=C(N)NN)C1. The molecule has 0 aromatic carbocycles. The van der Waals surface area contributed by atoms with Crippen molar-refractivity contribution in [1.82, 2.24) is 5.43 Å². The number of hydrogen-bond acceptors (Lipinski definition) is 2. The van der Waals surface area contributed by atoms with Crippen molar-refractivity contribution in [2.24, 2.45) is 28.4 Å². The molecule has 4 nitrogen and oxygen atoms in total. The molecule has 0 radical (unpaired) electrons. The van der Waals surface area contributed by atoms with Crippen molar-refractivity contribution in [1.29, 1.82) is 0 Å². The zero-order valence-corrected chi connectivity index (χ0v) is 9.00. The van der Waals surface area contributed by atoms with Crippen molar-refractivity contribution >= 4 is 5.96 Å². The van der Waals surface area contributed by atoms with Crippen LogP contribution in [0.15, 0.2) is 4.99 Å². The Kier molecular flexibility index (Phi) is 4.73. The maximum absolute atomic E-state index is 5.43. The van der Waals surface area contributed by atoms with E-state index in [0.717, 1.165) is 24.8 Å². The van der Waals surface area contributed by atoms with Gasteiger partial charge in [0.2, 0.25) is 5.96 Å². The van der Waals surface area contributed by atoms with E-state index in [2.05, 4.69) is 17.3 Å². The van der Waals surface area contributed by atoms with Gasteiger partial charge < -0.3 is 5.73 Å². The van der Waals surface area contributed by atoms with Crippen LogP contribution in [0.3, 0.4) is 0 Å². The lowest BCUT2D eigenvalue weighted by Crippen LogP contribution is -2.37. The first-order valence-electron chi connectivity index (χ1n) is 5.49. The molecule has 0 saturated heterocycles. The lowest BCUT2D eigenvalue weighted by atomic mass is 9.81. The molecule has 0 amide bonds. The summed E-state index contributed by atoms with van der Waals surface area (Å²) in [5, 5.41) is 0. The van der Waals surface area contributed by atoms with Crippen LogP contribution in [0.4, 0.5) is 0 Å². The Labute approximate surface area is 86.1 Å². The van der Waals surface area contributed by atoms with Gasteiger partial charge in [0.25, 0.3) is 0 Å². The van der Waals surface area contributed by atoms with Gasteiger partial charge >= 0.3 is 0 Å². The minimum atomic E-state index is 0.342. The standard InChI is InChI=1S/C10H22N4/c1-8-3-2-4-9(7-8)5-6-13-10(11)14-12/h8-9H,2-7,12H2,1H3,(H3,11,13,14). The third kappa shape index (κ3) is 3.96. The normalized spacial score (nSPS) is 28.9. The van der Waals surface area contributed by atoms with Crippen LogP contribution < -0.4 is 17.0 Å². The number of hydrazine groups is 1. The molecule has 1 saturated carbocycles. The molecule has 0 bridgehead atoms. The Morgan fingerprint density at radius 2 is 2.29 bits per heavy atom. The van der Waals surface area contributed by atoms with E-state index in [0.29, 0.717) is 5.96 Å². The largest absolute Gasteiger partial charge is 0.369 e. The summed E-state index contributed by atoms with van der Waals surface area (Å²) in [4.78, 5) is 4.12. The van der Waals surface area contributed by atoms with E-state index in [4.69, 9.17) is 11.6 Å². The fraction of sp³-hybridized carbons (Fsp3) is 0.900. The topological polar surface area (TPSA) is 76.4 Å². The number of rotatable bonds is 3. The van der Waals surface area contributed by atoms with Gasteiger partial charge in [-0.1, -0.05) is 26.2 Å². The molecular weight excluding hydrogens is 176 g/mol. The zero-order valence-electron chi connectivity index (χ0n) is 9.00. The van der Waals surface area contributed by atoms with Gasteiger partial charge in [-0.25, -0.2) is 5.84 Å². The maximum Gasteiger partial charge on any atom is 0.203 e. The fourth-order valence-corrected chi connectivity index (χ4v) is 2.24. The summed E-state index contributed by atoms with van der Waals surface area (Å²) in [5.41, 5.74) is 7.77. The monoisotopic (exact) mass is 198 g/mol. The summed E-state index contributed by atoms with van der Waals surface area (Å²) in [7, 11) is 0. The molecule has 1 rings (SSSR count). The first-order valence-corrected chi connectivity index (χ1v) is 5.49. The average molecular weight is 198 g/mol. The molecule has 2 atom stereocenters. The molecule has 5 N–H and O–H groups in total. The van der Waals surface area contributed by atoms with Crippen LogP contribution in [-0.4, -0.2) is 12.5 Å². The van der Waals surface area contributed by atoms with Gasteiger partial charge in [-0.15, -0.1) is 0 Å². The van der Waals surface area contributed by atoms with Crippen molar-refractivity contribution in [2.75, 3.05) is 6.54 Å². The van der Waals surface area contributed by atoms with E-state index < -0.39 is 0 Å². The second-order valence-electron chi connectivity index (χ2n) is 4.34. The highest BCUT2D eigenvalue weighted by Crippen LogP contribution is 2.30. The highest BCUT2D eigenvalue weighted by atomic mass is 15.3. The van der Waals surface area contributed by atoms with Gasteiger partial charge in [-0.2, -0.15) is 0 Å². The second kappa shape index (κ2) is 5.86. The third-order valence-electron chi connectivity index (χ3n) is 3.01. The molecule has 2 unspecified atom stereocenters. The van der Waals surface area contributed by atoms with Crippen LogP contribution in [0.25, 0.3) is 0 Å². The minimum Gasteiger partial charge on any atom is -0.369 e. The summed E-state index contributed by atoms with van der Waals surface area (Å²) in [6.07, 6.45) is 6.63. The van der Waals surface area contributed by atoms with Crippen molar-refractivity contribution in [3.05, 3.63) is 0 Å². The number of nitrogens with two attached hydrogens (primary N) is 2. The van der Waals surface area contributed by atoms with E-state index in [1.165, 1.54) is 25.7 Å². The van der Waals surface area contributed by atoms with Crippen LogP contribution in [0.5, 0.6) is 0 Å². The maximum atomic E-state index is 5.43. The number of nitrogens with zero attached hydrogens (tertiary/aromatic N) is 1. The average Bonchev–Trinajstić information content (AvgIpc) is 2.17. The molecule has 0 heterocycles. The van der Waals surface area contributed by atoms with E-state index in [9.17, 15) is 0 Å². The summed E-state index contributed by atoms with van der Waals surface area (Å²) >= 11 is 0. The quantitative estimate of drug-likeness (QED) is 0.274. The molecule has 0 aliphatic heterocycles. The Morgan fingerprint density at radius 1 is 1.50 bits per heavy atom. The molecule has 0 aromatic rings. The van der Waals surface area contributed by atoms with E-state index in [1.54, 1.807) is 0 Å². The molecule has 82 valence electrons. The first kappa shape index (κ1) is 11.3. The van der Waals surface area contributed by atoms with Gasteiger partial charge in [0.05, 0.1) is 0 Å². The van der Waals surface area contributed by atoms with Crippen LogP contribution in [0, 0.1) is 11.8 Å². The van der Waals surface area contributed by atoms with E-state index >= 15 is 0 Å². The molecule has 14 heavy (non-hydrogen) atoms. The number of hydrogen-bond donors (Lipinski definition) is 3. The summed E-state index contributed by atoms with van der Waals surface area (Å²) < 4.78 is 0. The molecule has 1 aliphatic rings. The Morgan fingerprint density at radius 3 is 2.93 bits per heavy atom. The Balaban J connectivity index is 2.17. The van der Waals surface area contributed by atoms with Crippen LogP contribution in [-0.2, 0) is 0 Å². The van der Waals surface area contributed by atoms with Crippen molar-refractivity contribution in [2.45, 2.75) is 39.0 Å². The highest BCUT2D eigenvalue weighted by Gasteiger charge is 2.17. The van der Waals surface area contributed by atoms with Gasteiger partial charge in [-0.05, 0) is 24.7 Å². The van der Waals surface area contributed by atoms with E-state index in [1.807, 2.05) is 0 Å².